The van der Waals surface area contributed by atoms with Crippen molar-refractivity contribution in [2.75, 3.05) is 20.1 Å². The summed E-state index contributed by atoms with van der Waals surface area (Å²) in [6.45, 7) is 1.80. The molecule has 20 heavy (non-hydrogen) atoms. The molecule has 1 amide bonds. The third-order valence-electron chi connectivity index (χ3n) is 3.72. The fourth-order valence-electron chi connectivity index (χ4n) is 2.64. The van der Waals surface area contributed by atoms with Gasteiger partial charge in [-0.1, -0.05) is 0 Å². The minimum atomic E-state index is 0.0336. The lowest BCUT2D eigenvalue weighted by Crippen LogP contribution is -2.38. The second kappa shape index (κ2) is 5.54. The van der Waals surface area contributed by atoms with Gasteiger partial charge in [-0.2, -0.15) is 0 Å². The molecule has 1 aliphatic heterocycles. The number of likely N-dealkylation sites (N-methyl/N-ethyl adjacent to an activating group) is 1. The van der Waals surface area contributed by atoms with Crippen LogP contribution in [0.5, 0.6) is 0 Å². The van der Waals surface area contributed by atoms with E-state index in [1.807, 2.05) is 25.2 Å². The Bertz CT molecular complexity index is 622. The van der Waals surface area contributed by atoms with Crippen LogP contribution in [0.25, 0.3) is 11.0 Å². The normalized spacial score (nSPS) is 18.4. The zero-order valence-electron chi connectivity index (χ0n) is 11.5. The van der Waals surface area contributed by atoms with Crippen LogP contribution in [0, 0.1) is 0 Å². The van der Waals surface area contributed by atoms with Crippen LogP contribution in [-0.2, 0) is 0 Å². The van der Waals surface area contributed by atoms with Crippen LogP contribution in [0.3, 0.4) is 0 Å². The summed E-state index contributed by atoms with van der Waals surface area (Å²) in [7, 11) is 1.85. The van der Waals surface area contributed by atoms with Gasteiger partial charge in [-0.25, -0.2) is 0 Å². The van der Waals surface area contributed by atoms with Gasteiger partial charge in [0.05, 0.1) is 11.0 Å². The quantitative estimate of drug-likeness (QED) is 0.917. The van der Waals surface area contributed by atoms with Gasteiger partial charge in [0, 0.05) is 37.6 Å². The lowest BCUT2D eigenvalue weighted by molar-refractivity contribution is 0.0784. The van der Waals surface area contributed by atoms with Crippen LogP contribution < -0.4 is 5.32 Å². The van der Waals surface area contributed by atoms with Gasteiger partial charge in [0.15, 0.2) is 0 Å². The zero-order chi connectivity index (χ0) is 13.9. The molecule has 5 nitrogen and oxygen atoms in total. The van der Waals surface area contributed by atoms with Crippen LogP contribution in [0.1, 0.15) is 23.2 Å². The highest BCUT2D eigenvalue weighted by Gasteiger charge is 2.19. The number of nitrogens with zero attached hydrogens (tertiary/aromatic N) is 3. The number of carbonyl (C=O) groups excluding carboxylic acids is 1. The summed E-state index contributed by atoms with van der Waals surface area (Å²) in [5.41, 5.74) is 2.23. The van der Waals surface area contributed by atoms with Crippen molar-refractivity contribution in [1.82, 2.24) is 20.2 Å². The summed E-state index contributed by atoms with van der Waals surface area (Å²) < 4.78 is 0. The molecule has 0 aliphatic carbocycles. The molecule has 2 aromatic rings. The van der Waals surface area contributed by atoms with Crippen molar-refractivity contribution in [3.63, 3.8) is 0 Å². The maximum atomic E-state index is 12.4. The Morgan fingerprint density at radius 2 is 2.15 bits per heavy atom. The molecule has 104 valence electrons. The number of amides is 1. The van der Waals surface area contributed by atoms with E-state index in [9.17, 15) is 4.79 Å². The maximum Gasteiger partial charge on any atom is 0.253 e. The summed E-state index contributed by atoms with van der Waals surface area (Å²) in [6, 6.07) is 5.89. The number of nitrogens with one attached hydrogen (secondary N) is 1. The van der Waals surface area contributed by atoms with Gasteiger partial charge in [0.2, 0.25) is 0 Å². The van der Waals surface area contributed by atoms with E-state index in [0.29, 0.717) is 11.6 Å². The Kier molecular flexibility index (Phi) is 3.60. The number of carbonyl (C=O) groups is 1. The van der Waals surface area contributed by atoms with Crippen molar-refractivity contribution in [2.24, 2.45) is 0 Å². The predicted octanol–water partition coefficient (Wildman–Crippen LogP) is 1.45. The Hall–Kier alpha value is -2.01. The Morgan fingerprint density at radius 1 is 1.35 bits per heavy atom. The maximum absolute atomic E-state index is 12.4. The van der Waals surface area contributed by atoms with E-state index in [4.69, 9.17) is 0 Å². The highest BCUT2D eigenvalue weighted by atomic mass is 16.2. The summed E-state index contributed by atoms with van der Waals surface area (Å²) in [5, 5.41) is 3.41. The number of fused-ring (bicyclic) bond motifs is 1. The minimum absolute atomic E-state index is 0.0336. The number of hydrogen-bond donors (Lipinski definition) is 1. The van der Waals surface area contributed by atoms with E-state index in [-0.39, 0.29) is 5.91 Å². The van der Waals surface area contributed by atoms with E-state index < -0.39 is 0 Å². The predicted molar refractivity (Wildman–Crippen MR) is 77.5 cm³/mol. The Balaban J connectivity index is 1.77. The molecule has 0 bridgehead atoms. The molecule has 1 aromatic heterocycles. The van der Waals surface area contributed by atoms with Crippen LogP contribution >= 0.6 is 0 Å². The second-order valence-corrected chi connectivity index (χ2v) is 5.24. The molecular formula is C15H18N4O. The average Bonchev–Trinajstić information content (AvgIpc) is 2.99. The fourth-order valence-corrected chi connectivity index (χ4v) is 2.64. The largest absolute Gasteiger partial charge is 0.340 e. The zero-order valence-corrected chi connectivity index (χ0v) is 11.5. The third-order valence-corrected chi connectivity index (χ3v) is 3.72. The topological polar surface area (TPSA) is 58.1 Å². The van der Waals surface area contributed by atoms with Gasteiger partial charge in [-0.05, 0) is 37.6 Å². The first-order chi connectivity index (χ1) is 9.74. The number of aromatic nitrogens is 2. The van der Waals surface area contributed by atoms with Crippen molar-refractivity contribution in [1.29, 1.82) is 0 Å². The molecule has 1 aromatic carbocycles. The first-order valence-corrected chi connectivity index (χ1v) is 6.93. The summed E-state index contributed by atoms with van der Waals surface area (Å²) >= 11 is 0. The Labute approximate surface area is 118 Å². The highest BCUT2D eigenvalue weighted by Crippen LogP contribution is 2.13. The van der Waals surface area contributed by atoms with E-state index >= 15 is 0 Å². The van der Waals surface area contributed by atoms with Crippen molar-refractivity contribution >= 4 is 16.9 Å². The summed E-state index contributed by atoms with van der Waals surface area (Å²) in [5.74, 6) is 0.0336. The SMILES string of the molecule is CN(CC1CCCN1)C(=O)c1ccc2nccnc2c1. The molecule has 2 heterocycles. The lowest BCUT2D eigenvalue weighted by Gasteiger charge is -2.21. The van der Waals surface area contributed by atoms with E-state index in [1.165, 1.54) is 6.42 Å². The van der Waals surface area contributed by atoms with E-state index in [0.717, 1.165) is 30.5 Å². The number of benzene rings is 1. The highest BCUT2D eigenvalue weighted by molar-refractivity contribution is 5.97. The van der Waals surface area contributed by atoms with Gasteiger partial charge in [0.1, 0.15) is 0 Å². The van der Waals surface area contributed by atoms with Gasteiger partial charge >= 0.3 is 0 Å². The summed E-state index contributed by atoms with van der Waals surface area (Å²) in [6.07, 6.45) is 5.63. The molecule has 1 aliphatic rings. The first-order valence-electron chi connectivity index (χ1n) is 6.93. The van der Waals surface area contributed by atoms with Crippen molar-refractivity contribution in [2.45, 2.75) is 18.9 Å². The molecule has 0 spiro atoms. The van der Waals surface area contributed by atoms with Crippen LogP contribution in [0.15, 0.2) is 30.6 Å². The Morgan fingerprint density at radius 3 is 2.90 bits per heavy atom. The molecule has 0 saturated carbocycles. The van der Waals surface area contributed by atoms with E-state index in [1.54, 1.807) is 17.3 Å². The fraction of sp³-hybridized carbons (Fsp3) is 0.400. The third kappa shape index (κ3) is 2.63. The molecule has 5 heteroatoms. The van der Waals surface area contributed by atoms with Crippen molar-refractivity contribution < 1.29 is 4.79 Å². The first kappa shape index (κ1) is 13.0. The molecular weight excluding hydrogens is 252 g/mol. The molecule has 1 N–H and O–H groups in total. The van der Waals surface area contributed by atoms with Gasteiger partial charge in [-0.3, -0.25) is 14.8 Å². The van der Waals surface area contributed by atoms with Gasteiger partial charge in [0.25, 0.3) is 5.91 Å². The van der Waals surface area contributed by atoms with Crippen molar-refractivity contribution in [3.05, 3.63) is 36.2 Å². The number of hydrogen-bond acceptors (Lipinski definition) is 4. The van der Waals surface area contributed by atoms with Gasteiger partial charge < -0.3 is 10.2 Å². The minimum Gasteiger partial charge on any atom is -0.340 e. The monoisotopic (exact) mass is 270 g/mol. The lowest BCUT2D eigenvalue weighted by atomic mass is 10.1. The molecule has 1 atom stereocenters. The molecule has 1 saturated heterocycles. The molecule has 3 rings (SSSR count). The van der Waals surface area contributed by atoms with E-state index in [2.05, 4.69) is 15.3 Å². The second-order valence-electron chi connectivity index (χ2n) is 5.24. The van der Waals surface area contributed by atoms with Crippen molar-refractivity contribution in [3.8, 4) is 0 Å². The van der Waals surface area contributed by atoms with Crippen LogP contribution in [0.4, 0.5) is 0 Å². The standard InChI is InChI=1S/C15H18N4O/c1-19(10-12-3-2-6-16-12)15(20)11-4-5-13-14(9-11)18-8-7-17-13/h4-5,7-9,12,16H,2-3,6,10H2,1H3. The van der Waals surface area contributed by atoms with Gasteiger partial charge in [-0.15, -0.1) is 0 Å². The molecule has 0 radical (unpaired) electrons. The molecule has 1 unspecified atom stereocenters. The average molecular weight is 270 g/mol. The number of rotatable bonds is 3. The van der Waals surface area contributed by atoms with Crippen LogP contribution in [-0.4, -0.2) is 47.0 Å². The molecule has 1 fully saturated rings. The van der Waals surface area contributed by atoms with Crippen LogP contribution in [0.2, 0.25) is 0 Å². The summed E-state index contributed by atoms with van der Waals surface area (Å²) in [4.78, 5) is 22.7. The smallest absolute Gasteiger partial charge is 0.253 e.